The first-order valence-corrected chi connectivity index (χ1v) is 25.4. The van der Waals surface area contributed by atoms with Crippen molar-refractivity contribution in [2.24, 2.45) is 5.11 Å². The Labute approximate surface area is 362 Å². The fourth-order valence-electron chi connectivity index (χ4n) is 7.41. The van der Waals surface area contributed by atoms with Gasteiger partial charge in [0.15, 0.2) is 5.71 Å². The molecule has 23 heteroatoms. The molecule has 2 heterocycles. The molecule has 0 spiro atoms. The maximum absolute atomic E-state index is 13.6. The number of hydrogen-bond donors (Lipinski definition) is 5. The highest BCUT2D eigenvalue weighted by molar-refractivity contribution is 7.86. The van der Waals surface area contributed by atoms with E-state index in [4.69, 9.17) is 5.53 Å². The highest BCUT2D eigenvalue weighted by Crippen LogP contribution is 2.48. The van der Waals surface area contributed by atoms with Crippen LogP contribution in [0.4, 0.5) is 11.4 Å². The van der Waals surface area contributed by atoms with Gasteiger partial charge in [-0.25, -0.2) is 0 Å². The van der Waals surface area contributed by atoms with Crippen LogP contribution in [0.15, 0.2) is 99.0 Å². The predicted molar refractivity (Wildman–Crippen MR) is 233 cm³/mol. The number of amides is 1. The van der Waals surface area contributed by atoms with E-state index in [0.717, 1.165) is 0 Å². The molecule has 62 heavy (non-hydrogen) atoms. The molecular weight excluding hydrogens is 889 g/mol. The number of benzene rings is 2. The Kier molecular flexibility index (Phi) is 15.9. The SMILES string of the molecule is CC1(C)C(/C=C/C=C(/C=C/C=C2/N(CCCCS(=O)(=O)O)c3ccc(S(=O)(=O)O)cc3C2(C)C)C(=O)NCCCN=[N+]=[N-])=[N+](CCCCS(=O)(=O)O)c2ccc(S(=O)(=O)O)cc21. The minimum absolute atomic E-state index is 0.126. The molecule has 0 fully saturated rings. The van der Waals surface area contributed by atoms with Crippen LogP contribution in [0, 0.1) is 0 Å². The Balaban J connectivity index is 1.78. The summed E-state index contributed by atoms with van der Waals surface area (Å²) in [5.41, 5.74) is 10.7. The van der Waals surface area contributed by atoms with Crippen LogP contribution in [-0.2, 0) is 56.1 Å². The van der Waals surface area contributed by atoms with Crippen LogP contribution in [0.3, 0.4) is 0 Å². The summed E-state index contributed by atoms with van der Waals surface area (Å²) >= 11 is 0. The topological polar surface area (TPSA) is 302 Å². The molecule has 4 rings (SSSR count). The molecular formula is C39H51N6O13S4+. The molecule has 0 radical (unpaired) electrons. The average molecular weight is 940 g/mol. The second-order valence-corrected chi connectivity index (χ2v) is 21.7. The van der Waals surface area contributed by atoms with Gasteiger partial charge in [-0.3, -0.25) is 23.0 Å². The van der Waals surface area contributed by atoms with Crippen molar-refractivity contribution < 1.29 is 61.3 Å². The third-order valence-corrected chi connectivity index (χ3v) is 13.8. The Hall–Kier alpha value is -4.71. The van der Waals surface area contributed by atoms with Crippen LogP contribution in [0.5, 0.6) is 0 Å². The van der Waals surface area contributed by atoms with Gasteiger partial charge in [-0.05, 0) is 99.2 Å². The number of carbonyl (C=O) groups is 1. The summed E-state index contributed by atoms with van der Waals surface area (Å²) in [7, 11) is -17.5. The van der Waals surface area contributed by atoms with Gasteiger partial charge in [-0.15, -0.1) is 0 Å². The molecule has 5 N–H and O–H groups in total. The van der Waals surface area contributed by atoms with E-state index in [0.29, 0.717) is 53.2 Å². The van der Waals surface area contributed by atoms with Gasteiger partial charge in [-0.1, -0.05) is 31.1 Å². The summed E-state index contributed by atoms with van der Waals surface area (Å²) in [6, 6.07) is 8.31. The van der Waals surface area contributed by atoms with E-state index in [1.165, 1.54) is 48.6 Å². The Bertz CT molecular complexity index is 2730. The summed E-state index contributed by atoms with van der Waals surface area (Å²) in [6.07, 6.45) is 11.0. The predicted octanol–water partition coefficient (Wildman–Crippen LogP) is 5.43. The van der Waals surface area contributed by atoms with E-state index in [1.54, 1.807) is 24.3 Å². The monoisotopic (exact) mass is 939 g/mol. The lowest BCUT2D eigenvalue weighted by molar-refractivity contribution is -0.438. The van der Waals surface area contributed by atoms with Gasteiger partial charge >= 0.3 is 0 Å². The zero-order valence-electron chi connectivity index (χ0n) is 34.5. The van der Waals surface area contributed by atoms with Crippen LogP contribution < -0.4 is 10.2 Å². The molecule has 2 aromatic rings. The molecule has 19 nitrogen and oxygen atoms in total. The second kappa shape index (κ2) is 19.8. The van der Waals surface area contributed by atoms with E-state index in [-0.39, 0.29) is 54.4 Å². The summed E-state index contributed by atoms with van der Waals surface area (Å²) in [5, 5.41) is 6.27. The summed E-state index contributed by atoms with van der Waals surface area (Å²) in [4.78, 5) is 17.6. The third-order valence-electron chi connectivity index (χ3n) is 10.5. The van der Waals surface area contributed by atoms with Crippen molar-refractivity contribution in [3.63, 3.8) is 0 Å². The molecule has 0 saturated carbocycles. The number of nitrogens with one attached hydrogen (secondary N) is 1. The number of hydrogen-bond acceptors (Lipinski definition) is 11. The third kappa shape index (κ3) is 12.9. The van der Waals surface area contributed by atoms with Crippen molar-refractivity contribution >= 4 is 63.5 Å². The molecule has 0 unspecified atom stereocenters. The minimum atomic E-state index is -4.56. The number of unbranched alkanes of at least 4 members (excludes halogenated alkanes) is 2. The maximum atomic E-state index is 13.6. The van der Waals surface area contributed by atoms with Crippen LogP contribution >= 0.6 is 0 Å². The number of carbonyl (C=O) groups excluding carboxylic acids is 1. The van der Waals surface area contributed by atoms with Gasteiger partial charge in [0.25, 0.3) is 46.4 Å². The highest BCUT2D eigenvalue weighted by Gasteiger charge is 2.45. The zero-order chi connectivity index (χ0) is 46.3. The van der Waals surface area contributed by atoms with E-state index < -0.39 is 68.7 Å². The second-order valence-electron chi connectivity index (χ2n) is 15.7. The summed E-state index contributed by atoms with van der Waals surface area (Å²) < 4.78 is 134. The van der Waals surface area contributed by atoms with Crippen molar-refractivity contribution in [1.82, 2.24) is 5.32 Å². The first-order valence-electron chi connectivity index (χ1n) is 19.3. The molecule has 0 saturated heterocycles. The van der Waals surface area contributed by atoms with Gasteiger partial charge in [0.05, 0.1) is 26.7 Å². The molecule has 338 valence electrons. The molecule has 2 aromatic carbocycles. The summed E-state index contributed by atoms with van der Waals surface area (Å²) in [5.74, 6) is -1.42. The molecule has 1 amide bonds. The number of anilines is 1. The van der Waals surface area contributed by atoms with Crippen LogP contribution in [-0.4, -0.2) is 106 Å². The van der Waals surface area contributed by atoms with Crippen molar-refractivity contribution in [2.45, 2.75) is 80.4 Å². The number of azide groups is 1. The number of nitrogens with zero attached hydrogens (tertiary/aromatic N) is 5. The molecule has 2 aliphatic rings. The largest absolute Gasteiger partial charge is 0.352 e. The lowest BCUT2D eigenvalue weighted by atomic mass is 9.81. The molecule has 0 atom stereocenters. The first-order chi connectivity index (χ1) is 28.7. The molecule has 0 aromatic heterocycles. The van der Waals surface area contributed by atoms with Crippen LogP contribution in [0.25, 0.3) is 10.4 Å². The lowest BCUT2D eigenvalue weighted by Crippen LogP contribution is -2.28. The van der Waals surface area contributed by atoms with E-state index >= 15 is 0 Å². The smallest absolute Gasteiger partial charge is 0.294 e. The normalized spacial score (nSPS) is 17.2. The van der Waals surface area contributed by atoms with E-state index in [1.807, 2.05) is 37.2 Å². The van der Waals surface area contributed by atoms with E-state index in [9.17, 15) is 56.7 Å². The lowest BCUT2D eigenvalue weighted by Gasteiger charge is -2.27. The van der Waals surface area contributed by atoms with Crippen molar-refractivity contribution in [3.8, 4) is 0 Å². The van der Waals surface area contributed by atoms with Crippen molar-refractivity contribution in [1.29, 1.82) is 0 Å². The van der Waals surface area contributed by atoms with Crippen LogP contribution in [0.1, 0.15) is 70.9 Å². The molecule has 0 bridgehead atoms. The van der Waals surface area contributed by atoms with Gasteiger partial charge < -0.3 is 10.2 Å². The van der Waals surface area contributed by atoms with Gasteiger partial charge in [0, 0.05) is 71.0 Å². The Morgan fingerprint density at radius 3 is 2.00 bits per heavy atom. The summed E-state index contributed by atoms with van der Waals surface area (Å²) in [6.45, 7) is 8.17. The zero-order valence-corrected chi connectivity index (χ0v) is 37.8. The van der Waals surface area contributed by atoms with E-state index in [2.05, 4.69) is 15.3 Å². The maximum Gasteiger partial charge on any atom is 0.294 e. The van der Waals surface area contributed by atoms with Gasteiger partial charge in [0.1, 0.15) is 6.54 Å². The quantitative estimate of drug-likeness (QED) is 0.0152. The number of rotatable bonds is 21. The Morgan fingerprint density at radius 2 is 1.40 bits per heavy atom. The fraction of sp³-hybridized carbons (Fsp3) is 0.436. The average Bonchev–Trinajstić information content (AvgIpc) is 3.50. The van der Waals surface area contributed by atoms with Crippen LogP contribution in [0.2, 0.25) is 0 Å². The number of fused-ring (bicyclic) bond motifs is 2. The highest BCUT2D eigenvalue weighted by atomic mass is 32.2. The standard InChI is InChI=1S/C39H50N6O13S4/c1-38(2)31-26-29(61(53,54)55)16-18-33(31)44(22-5-7-24-59(47,48)49)35(38)14-9-12-28(37(46)41-20-11-21-42-43-40)13-10-15-36-39(3,4)32-27-30(62(56,57)58)17-19-34(32)45(36)23-6-8-25-60(50,51)52/h9-10,12-19,26-27H,5-8,11,20-25H2,1-4H3,(H4-,41,46,47,48,49,50,51,52,53,54,55,56,57,58)/p+1. The Morgan fingerprint density at radius 1 is 0.806 bits per heavy atom. The first kappa shape index (κ1) is 49.9. The van der Waals surface area contributed by atoms with Gasteiger partial charge in [-0.2, -0.15) is 38.2 Å². The van der Waals surface area contributed by atoms with Crippen molar-refractivity contribution in [3.05, 3.63) is 106 Å². The minimum Gasteiger partial charge on any atom is -0.352 e. The van der Waals surface area contributed by atoms with Crippen molar-refractivity contribution in [2.75, 3.05) is 42.6 Å². The molecule has 2 aliphatic heterocycles. The van der Waals surface area contributed by atoms with Gasteiger partial charge in [0.2, 0.25) is 5.69 Å². The number of allylic oxidation sites excluding steroid dienone is 6. The molecule has 0 aliphatic carbocycles. The fourth-order valence-corrected chi connectivity index (χ4v) is 9.56.